The topological polar surface area (TPSA) is 75.3 Å². The smallest absolute Gasteiger partial charge is 0.220 e. The first kappa shape index (κ1) is 14.9. The number of hydrogen-bond donors (Lipinski definition) is 3. The van der Waals surface area contributed by atoms with Crippen LogP contribution in [0.25, 0.3) is 0 Å². The standard InChI is InChI=1S/C16H24N2O2/c1-12(13-4-6-14(17)7-5-13)10-15(19)18-11-16(20)8-2-3-9-16/h4-7,12,20H,2-3,8-11,17H2,1H3,(H,18,19). The number of carbonyl (C=O) groups is 1. The van der Waals surface area contributed by atoms with Gasteiger partial charge in [0.15, 0.2) is 0 Å². The van der Waals surface area contributed by atoms with E-state index < -0.39 is 5.60 Å². The summed E-state index contributed by atoms with van der Waals surface area (Å²) >= 11 is 0. The lowest BCUT2D eigenvalue weighted by molar-refractivity contribution is -0.122. The molecule has 0 radical (unpaired) electrons. The molecule has 1 amide bonds. The molecule has 1 fully saturated rings. The van der Waals surface area contributed by atoms with Gasteiger partial charge in [-0.3, -0.25) is 4.79 Å². The molecule has 2 rings (SSSR count). The Labute approximate surface area is 120 Å². The van der Waals surface area contributed by atoms with Gasteiger partial charge in [-0.25, -0.2) is 0 Å². The molecule has 1 aromatic carbocycles. The van der Waals surface area contributed by atoms with Gasteiger partial charge < -0.3 is 16.2 Å². The van der Waals surface area contributed by atoms with Crippen LogP contribution in [0.3, 0.4) is 0 Å². The quantitative estimate of drug-likeness (QED) is 0.722. The SMILES string of the molecule is CC(CC(=O)NCC1(O)CCCC1)c1ccc(N)cc1. The minimum atomic E-state index is -0.680. The van der Waals surface area contributed by atoms with Crippen molar-refractivity contribution in [3.63, 3.8) is 0 Å². The highest BCUT2D eigenvalue weighted by Gasteiger charge is 2.31. The third-order valence-corrected chi connectivity index (χ3v) is 4.15. The second kappa shape index (κ2) is 6.27. The van der Waals surface area contributed by atoms with Gasteiger partial charge in [0.2, 0.25) is 5.91 Å². The number of nitrogen functional groups attached to an aromatic ring is 1. The van der Waals surface area contributed by atoms with Crippen LogP contribution in [0.1, 0.15) is 50.5 Å². The molecule has 0 spiro atoms. The van der Waals surface area contributed by atoms with E-state index in [1.54, 1.807) is 0 Å². The lowest BCUT2D eigenvalue weighted by Gasteiger charge is -2.23. The number of carbonyl (C=O) groups excluding carboxylic acids is 1. The van der Waals surface area contributed by atoms with E-state index in [4.69, 9.17) is 5.73 Å². The molecule has 1 aliphatic carbocycles. The van der Waals surface area contributed by atoms with Crippen molar-refractivity contribution in [3.05, 3.63) is 29.8 Å². The van der Waals surface area contributed by atoms with Crippen molar-refractivity contribution >= 4 is 11.6 Å². The summed E-state index contributed by atoms with van der Waals surface area (Å²) in [5, 5.41) is 13.1. The lowest BCUT2D eigenvalue weighted by atomic mass is 9.97. The summed E-state index contributed by atoms with van der Waals surface area (Å²) < 4.78 is 0. The predicted molar refractivity (Wildman–Crippen MR) is 80.3 cm³/mol. The number of amides is 1. The Morgan fingerprint density at radius 3 is 2.55 bits per heavy atom. The Balaban J connectivity index is 1.80. The van der Waals surface area contributed by atoms with E-state index in [1.165, 1.54) is 0 Å². The zero-order valence-corrected chi connectivity index (χ0v) is 12.1. The number of rotatable bonds is 5. The third-order valence-electron chi connectivity index (χ3n) is 4.15. The Kier molecular flexibility index (Phi) is 4.65. The summed E-state index contributed by atoms with van der Waals surface area (Å²) in [7, 11) is 0. The number of aliphatic hydroxyl groups is 1. The largest absolute Gasteiger partial charge is 0.399 e. The first-order valence-corrected chi connectivity index (χ1v) is 7.33. The third kappa shape index (κ3) is 3.97. The zero-order chi connectivity index (χ0) is 14.6. The predicted octanol–water partition coefficient (Wildman–Crippen LogP) is 2.18. The molecule has 1 aromatic rings. The average Bonchev–Trinajstić information content (AvgIpc) is 2.85. The Hall–Kier alpha value is -1.55. The maximum absolute atomic E-state index is 11.9. The van der Waals surface area contributed by atoms with Gasteiger partial charge in [-0.2, -0.15) is 0 Å². The van der Waals surface area contributed by atoms with Crippen LogP contribution in [0.15, 0.2) is 24.3 Å². The molecule has 4 heteroatoms. The van der Waals surface area contributed by atoms with Gasteiger partial charge in [-0.15, -0.1) is 0 Å². The van der Waals surface area contributed by atoms with Crippen LogP contribution in [-0.2, 0) is 4.79 Å². The molecule has 0 saturated heterocycles. The normalized spacial score (nSPS) is 18.7. The van der Waals surface area contributed by atoms with Crippen LogP contribution in [0.2, 0.25) is 0 Å². The molecule has 0 aromatic heterocycles. The van der Waals surface area contributed by atoms with Crippen molar-refractivity contribution < 1.29 is 9.90 Å². The maximum atomic E-state index is 11.9. The first-order chi connectivity index (χ1) is 9.48. The minimum Gasteiger partial charge on any atom is -0.399 e. The maximum Gasteiger partial charge on any atom is 0.220 e. The lowest BCUT2D eigenvalue weighted by Crippen LogP contribution is -2.41. The summed E-state index contributed by atoms with van der Waals surface area (Å²) in [4.78, 5) is 11.9. The minimum absolute atomic E-state index is 0.00495. The summed E-state index contributed by atoms with van der Waals surface area (Å²) in [6.07, 6.45) is 4.12. The van der Waals surface area contributed by atoms with Gasteiger partial charge >= 0.3 is 0 Å². The molecular weight excluding hydrogens is 252 g/mol. The van der Waals surface area contributed by atoms with E-state index in [0.29, 0.717) is 13.0 Å². The fourth-order valence-electron chi connectivity index (χ4n) is 2.77. The molecule has 1 aliphatic rings. The molecule has 4 N–H and O–H groups in total. The Bertz CT molecular complexity index is 450. The fraction of sp³-hybridized carbons (Fsp3) is 0.562. The van der Waals surface area contributed by atoms with Crippen LogP contribution >= 0.6 is 0 Å². The van der Waals surface area contributed by atoms with Crippen molar-refractivity contribution in [2.45, 2.75) is 50.5 Å². The molecule has 0 aliphatic heterocycles. The second-order valence-corrected chi connectivity index (χ2v) is 5.98. The Morgan fingerprint density at radius 1 is 1.35 bits per heavy atom. The number of anilines is 1. The van der Waals surface area contributed by atoms with Crippen LogP contribution < -0.4 is 11.1 Å². The molecule has 0 bridgehead atoms. The average molecular weight is 276 g/mol. The monoisotopic (exact) mass is 276 g/mol. The highest BCUT2D eigenvalue weighted by molar-refractivity contribution is 5.76. The van der Waals surface area contributed by atoms with Gasteiger partial charge in [0, 0.05) is 18.7 Å². The molecule has 1 saturated carbocycles. The number of nitrogens with one attached hydrogen (secondary N) is 1. The number of benzene rings is 1. The van der Waals surface area contributed by atoms with E-state index in [1.807, 2.05) is 31.2 Å². The van der Waals surface area contributed by atoms with Crippen LogP contribution in [0, 0.1) is 0 Å². The van der Waals surface area contributed by atoms with E-state index >= 15 is 0 Å². The van der Waals surface area contributed by atoms with Crippen molar-refractivity contribution in [2.24, 2.45) is 0 Å². The molecule has 20 heavy (non-hydrogen) atoms. The summed E-state index contributed by atoms with van der Waals surface area (Å²) in [5.74, 6) is 0.142. The zero-order valence-electron chi connectivity index (χ0n) is 12.1. The van der Waals surface area contributed by atoms with Gasteiger partial charge in [0.25, 0.3) is 0 Å². The van der Waals surface area contributed by atoms with E-state index in [0.717, 1.165) is 36.9 Å². The Morgan fingerprint density at radius 2 is 1.95 bits per heavy atom. The van der Waals surface area contributed by atoms with Crippen molar-refractivity contribution in [1.82, 2.24) is 5.32 Å². The van der Waals surface area contributed by atoms with Crippen molar-refractivity contribution in [2.75, 3.05) is 12.3 Å². The van der Waals surface area contributed by atoms with Gasteiger partial charge in [0.05, 0.1) is 5.60 Å². The van der Waals surface area contributed by atoms with Crippen LogP contribution in [-0.4, -0.2) is 23.2 Å². The molecule has 1 unspecified atom stereocenters. The summed E-state index contributed by atoms with van der Waals surface area (Å²) in [6.45, 7) is 2.40. The fourth-order valence-corrected chi connectivity index (χ4v) is 2.77. The summed E-state index contributed by atoms with van der Waals surface area (Å²) in [6, 6.07) is 7.62. The van der Waals surface area contributed by atoms with Gasteiger partial charge in [-0.05, 0) is 36.5 Å². The van der Waals surface area contributed by atoms with Crippen molar-refractivity contribution in [3.8, 4) is 0 Å². The molecule has 0 heterocycles. The van der Waals surface area contributed by atoms with E-state index in [-0.39, 0.29) is 11.8 Å². The highest BCUT2D eigenvalue weighted by atomic mass is 16.3. The molecular formula is C16H24N2O2. The number of nitrogens with two attached hydrogens (primary N) is 1. The molecule has 4 nitrogen and oxygen atoms in total. The van der Waals surface area contributed by atoms with E-state index in [9.17, 15) is 9.90 Å². The van der Waals surface area contributed by atoms with Crippen LogP contribution in [0.4, 0.5) is 5.69 Å². The first-order valence-electron chi connectivity index (χ1n) is 7.33. The number of hydrogen-bond acceptors (Lipinski definition) is 3. The van der Waals surface area contributed by atoms with Gasteiger partial charge in [-0.1, -0.05) is 31.9 Å². The van der Waals surface area contributed by atoms with Gasteiger partial charge in [0.1, 0.15) is 0 Å². The van der Waals surface area contributed by atoms with Crippen molar-refractivity contribution in [1.29, 1.82) is 0 Å². The highest BCUT2D eigenvalue weighted by Crippen LogP contribution is 2.28. The second-order valence-electron chi connectivity index (χ2n) is 5.98. The summed E-state index contributed by atoms with van der Waals surface area (Å²) in [5.41, 5.74) is 6.81. The molecule has 110 valence electrons. The van der Waals surface area contributed by atoms with E-state index in [2.05, 4.69) is 5.32 Å². The molecule has 1 atom stereocenters. The van der Waals surface area contributed by atoms with Crippen LogP contribution in [0.5, 0.6) is 0 Å².